The lowest BCUT2D eigenvalue weighted by Gasteiger charge is -2.20. The van der Waals surface area contributed by atoms with E-state index in [4.69, 9.17) is 18.0 Å². The summed E-state index contributed by atoms with van der Waals surface area (Å²) in [6.45, 7) is 4.19. The monoisotopic (exact) mass is 258 g/mol. The highest BCUT2D eigenvalue weighted by atomic mass is 127. The van der Waals surface area contributed by atoms with Crippen LogP contribution in [0.4, 0.5) is 0 Å². The largest absolute Gasteiger partial charge is 0.376 e. The molecule has 0 aromatic rings. The number of thiocarbonyl (C=S) groups is 1. The number of hydrogen-bond donors (Lipinski definition) is 1. The van der Waals surface area contributed by atoms with Gasteiger partial charge in [-0.3, -0.25) is 3.11 Å². The van der Waals surface area contributed by atoms with Crippen molar-refractivity contribution < 1.29 is 0 Å². The average molecular weight is 258 g/mol. The molecule has 9 heavy (non-hydrogen) atoms. The Morgan fingerprint density at radius 2 is 2.33 bits per heavy atom. The standard InChI is InChI=1S/C5H11IN2S/c1-3-4(2)8(6)5(7)9/h4H,3H2,1-2H3,(H2,7,9). The van der Waals surface area contributed by atoms with Crippen molar-refractivity contribution in [3.63, 3.8) is 0 Å². The maximum atomic E-state index is 5.36. The first-order chi connectivity index (χ1) is 4.09. The quantitative estimate of drug-likeness (QED) is 0.464. The average Bonchev–Trinajstić information content (AvgIpc) is 1.84. The molecule has 0 saturated heterocycles. The minimum absolute atomic E-state index is 0.447. The SMILES string of the molecule is CCC(C)N(I)C(N)=S. The normalized spacial score (nSPS) is 12.8. The Hall–Kier alpha value is 0.420. The van der Waals surface area contributed by atoms with Gasteiger partial charge in [0.25, 0.3) is 0 Å². The molecule has 0 saturated carbocycles. The van der Waals surface area contributed by atoms with E-state index in [-0.39, 0.29) is 0 Å². The molecular formula is C5H11IN2S. The highest BCUT2D eigenvalue weighted by Crippen LogP contribution is 2.08. The Labute approximate surface area is 75.3 Å². The predicted molar refractivity (Wildman–Crippen MR) is 52.4 cm³/mol. The molecule has 0 aromatic carbocycles. The van der Waals surface area contributed by atoms with Crippen molar-refractivity contribution in [3.8, 4) is 0 Å². The van der Waals surface area contributed by atoms with Crippen LogP contribution >= 0.6 is 35.1 Å². The van der Waals surface area contributed by atoms with Gasteiger partial charge in [0, 0.05) is 6.04 Å². The van der Waals surface area contributed by atoms with E-state index in [0.29, 0.717) is 11.2 Å². The second kappa shape index (κ2) is 4.27. The van der Waals surface area contributed by atoms with Gasteiger partial charge in [-0.15, -0.1) is 0 Å². The molecular weight excluding hydrogens is 247 g/mol. The van der Waals surface area contributed by atoms with Gasteiger partial charge in [-0.25, -0.2) is 0 Å². The third-order valence-corrected chi connectivity index (χ3v) is 3.18. The van der Waals surface area contributed by atoms with E-state index in [9.17, 15) is 0 Å². The topological polar surface area (TPSA) is 29.3 Å². The third kappa shape index (κ3) is 3.20. The van der Waals surface area contributed by atoms with Crippen LogP contribution in [0.15, 0.2) is 0 Å². The second-order valence-electron chi connectivity index (χ2n) is 1.91. The van der Waals surface area contributed by atoms with Crippen molar-refractivity contribution >= 4 is 40.2 Å². The first kappa shape index (κ1) is 9.42. The van der Waals surface area contributed by atoms with Gasteiger partial charge in [-0.05, 0) is 25.6 Å². The minimum Gasteiger partial charge on any atom is -0.376 e. The van der Waals surface area contributed by atoms with Crippen molar-refractivity contribution in [2.75, 3.05) is 0 Å². The van der Waals surface area contributed by atoms with E-state index in [0.717, 1.165) is 6.42 Å². The number of rotatable bonds is 2. The van der Waals surface area contributed by atoms with Crippen LogP contribution in [0.25, 0.3) is 0 Å². The van der Waals surface area contributed by atoms with Crippen LogP contribution < -0.4 is 5.73 Å². The summed E-state index contributed by atoms with van der Waals surface area (Å²) in [5.41, 5.74) is 5.36. The van der Waals surface area contributed by atoms with Gasteiger partial charge in [-0.1, -0.05) is 6.92 Å². The molecule has 0 aliphatic rings. The lowest BCUT2D eigenvalue weighted by molar-refractivity contribution is 0.526. The van der Waals surface area contributed by atoms with Crippen molar-refractivity contribution in [2.45, 2.75) is 26.3 Å². The maximum Gasteiger partial charge on any atom is 0.175 e. The summed E-state index contributed by atoms with van der Waals surface area (Å²) in [5, 5.41) is 0.463. The van der Waals surface area contributed by atoms with Gasteiger partial charge in [-0.2, -0.15) is 0 Å². The smallest absolute Gasteiger partial charge is 0.175 e. The predicted octanol–water partition coefficient (Wildman–Crippen LogP) is 1.68. The molecule has 2 nitrogen and oxygen atoms in total. The molecule has 0 fully saturated rings. The Morgan fingerprint density at radius 3 is 2.44 bits per heavy atom. The molecule has 0 spiro atoms. The zero-order chi connectivity index (χ0) is 7.44. The Morgan fingerprint density at radius 1 is 1.89 bits per heavy atom. The number of halogens is 1. The summed E-state index contributed by atoms with van der Waals surface area (Å²) in [5.74, 6) is 0. The third-order valence-electron chi connectivity index (χ3n) is 1.19. The van der Waals surface area contributed by atoms with Crippen LogP contribution in [0.1, 0.15) is 20.3 Å². The van der Waals surface area contributed by atoms with Gasteiger partial charge in [0.2, 0.25) is 0 Å². The lowest BCUT2D eigenvalue weighted by Crippen LogP contribution is -2.33. The van der Waals surface area contributed by atoms with Crippen molar-refractivity contribution in [1.82, 2.24) is 3.11 Å². The Balaban J connectivity index is 3.72. The molecule has 0 rings (SSSR count). The molecule has 0 aliphatic heterocycles. The molecule has 0 bridgehead atoms. The fraction of sp³-hybridized carbons (Fsp3) is 0.800. The van der Waals surface area contributed by atoms with Crippen LogP contribution in [0, 0.1) is 0 Å². The highest BCUT2D eigenvalue weighted by Gasteiger charge is 2.07. The molecule has 0 heterocycles. The van der Waals surface area contributed by atoms with Crippen LogP contribution in [0.5, 0.6) is 0 Å². The molecule has 2 N–H and O–H groups in total. The number of nitrogens with zero attached hydrogens (tertiary/aromatic N) is 1. The summed E-state index contributed by atoms with van der Waals surface area (Å²) in [7, 11) is 0. The van der Waals surface area contributed by atoms with Crippen LogP contribution in [-0.2, 0) is 0 Å². The zero-order valence-electron chi connectivity index (χ0n) is 5.60. The summed E-state index contributed by atoms with van der Waals surface area (Å²) in [4.78, 5) is 0. The van der Waals surface area contributed by atoms with Crippen LogP contribution in [0.2, 0.25) is 0 Å². The molecule has 0 aliphatic carbocycles. The van der Waals surface area contributed by atoms with Gasteiger partial charge in [0.05, 0.1) is 22.9 Å². The van der Waals surface area contributed by atoms with Crippen molar-refractivity contribution in [3.05, 3.63) is 0 Å². The Kier molecular flexibility index (Phi) is 4.47. The summed E-state index contributed by atoms with van der Waals surface area (Å²) >= 11 is 6.88. The number of nitrogens with two attached hydrogens (primary N) is 1. The summed E-state index contributed by atoms with van der Waals surface area (Å²) < 4.78 is 1.87. The number of hydrogen-bond acceptors (Lipinski definition) is 1. The second-order valence-corrected chi connectivity index (χ2v) is 3.36. The van der Waals surface area contributed by atoms with E-state index in [1.54, 1.807) is 0 Å². The fourth-order valence-electron chi connectivity index (χ4n) is 0.378. The molecule has 1 unspecified atom stereocenters. The minimum atomic E-state index is 0.447. The molecule has 54 valence electrons. The lowest BCUT2D eigenvalue weighted by atomic mass is 10.3. The first-order valence-electron chi connectivity index (χ1n) is 2.84. The van der Waals surface area contributed by atoms with E-state index < -0.39 is 0 Å². The van der Waals surface area contributed by atoms with Gasteiger partial charge in [0.15, 0.2) is 5.11 Å². The Bertz CT molecular complexity index is 107. The molecule has 1 atom stereocenters. The van der Waals surface area contributed by atoms with Crippen molar-refractivity contribution in [1.29, 1.82) is 0 Å². The molecule has 0 amide bonds. The van der Waals surface area contributed by atoms with E-state index in [2.05, 4.69) is 36.7 Å². The summed E-state index contributed by atoms with van der Waals surface area (Å²) in [6.07, 6.45) is 1.07. The van der Waals surface area contributed by atoms with Gasteiger partial charge >= 0.3 is 0 Å². The van der Waals surface area contributed by atoms with E-state index >= 15 is 0 Å². The molecule has 0 aromatic heterocycles. The maximum absolute atomic E-state index is 5.36. The van der Waals surface area contributed by atoms with E-state index in [1.807, 2.05) is 3.11 Å². The highest BCUT2D eigenvalue weighted by molar-refractivity contribution is 14.1. The summed E-state index contributed by atoms with van der Waals surface area (Å²) in [6, 6.07) is 0.447. The van der Waals surface area contributed by atoms with Crippen molar-refractivity contribution in [2.24, 2.45) is 5.73 Å². The first-order valence-corrected chi connectivity index (χ1v) is 4.21. The fourth-order valence-corrected chi connectivity index (χ4v) is 0.951. The molecule has 4 heteroatoms. The van der Waals surface area contributed by atoms with E-state index in [1.165, 1.54) is 0 Å². The van der Waals surface area contributed by atoms with Crippen LogP contribution in [-0.4, -0.2) is 14.3 Å². The van der Waals surface area contributed by atoms with Gasteiger partial charge in [0.1, 0.15) is 0 Å². The van der Waals surface area contributed by atoms with Crippen LogP contribution in [0.3, 0.4) is 0 Å². The zero-order valence-corrected chi connectivity index (χ0v) is 8.57. The van der Waals surface area contributed by atoms with Gasteiger partial charge < -0.3 is 5.73 Å². The molecule has 0 radical (unpaired) electrons.